The average molecular weight is 398 g/mol. The third-order valence-electron chi connectivity index (χ3n) is 4.08. The highest BCUT2D eigenvalue weighted by molar-refractivity contribution is 7.89. The molecule has 0 atom stereocenters. The molecule has 0 saturated heterocycles. The van der Waals surface area contributed by atoms with Crippen molar-refractivity contribution in [1.82, 2.24) is 24.3 Å². The van der Waals surface area contributed by atoms with E-state index in [1.165, 1.54) is 41.0 Å². The Bertz CT molecular complexity index is 1250. The zero-order valence-corrected chi connectivity index (χ0v) is 15.3. The van der Waals surface area contributed by atoms with Crippen LogP contribution >= 0.6 is 0 Å². The molecule has 0 aliphatic heterocycles. The van der Waals surface area contributed by atoms with Gasteiger partial charge in [0.15, 0.2) is 5.65 Å². The van der Waals surface area contributed by atoms with E-state index in [2.05, 4.69) is 19.8 Å². The van der Waals surface area contributed by atoms with Crippen LogP contribution in [0.2, 0.25) is 0 Å². The fourth-order valence-electron chi connectivity index (χ4n) is 2.66. The second-order valence-electron chi connectivity index (χ2n) is 6.05. The number of anilines is 1. The molecule has 4 aromatic rings. The number of nitrogens with two attached hydrogens (primary N) is 1. The van der Waals surface area contributed by atoms with Crippen molar-refractivity contribution in [2.75, 3.05) is 5.73 Å². The smallest absolute Gasteiger partial charge is 0.242 e. The third kappa shape index (κ3) is 3.68. The second-order valence-corrected chi connectivity index (χ2v) is 7.82. The van der Waals surface area contributed by atoms with E-state index in [4.69, 9.17) is 5.73 Å². The zero-order valence-electron chi connectivity index (χ0n) is 14.4. The number of nitrogens with zero attached hydrogens (tertiary/aromatic N) is 4. The maximum atomic E-state index is 13.0. The van der Waals surface area contributed by atoms with Crippen molar-refractivity contribution >= 4 is 21.6 Å². The van der Waals surface area contributed by atoms with Crippen LogP contribution in [0.1, 0.15) is 5.56 Å². The van der Waals surface area contributed by atoms with Gasteiger partial charge in [-0.1, -0.05) is 12.1 Å². The molecule has 0 unspecified atom stereocenters. The first-order valence-corrected chi connectivity index (χ1v) is 9.70. The SMILES string of the molecule is Nc1nc2ccc(-c3cncc(S(=O)(=O)NCc4ccc(F)cc4)c3)cn2n1. The molecular formula is C18H15FN6O2S. The normalized spacial score (nSPS) is 11.8. The number of fused-ring (bicyclic) bond motifs is 1. The largest absolute Gasteiger partial charge is 0.366 e. The lowest BCUT2D eigenvalue weighted by atomic mass is 10.1. The Kier molecular flexibility index (Phi) is 4.49. The van der Waals surface area contributed by atoms with Crippen LogP contribution in [0, 0.1) is 5.82 Å². The van der Waals surface area contributed by atoms with Crippen molar-refractivity contribution in [1.29, 1.82) is 0 Å². The molecule has 1 aromatic carbocycles. The summed E-state index contributed by atoms with van der Waals surface area (Å²) >= 11 is 0. The van der Waals surface area contributed by atoms with Crippen LogP contribution in [0.5, 0.6) is 0 Å². The van der Waals surface area contributed by atoms with Crippen molar-refractivity contribution in [2.24, 2.45) is 0 Å². The van der Waals surface area contributed by atoms with Crippen LogP contribution in [-0.2, 0) is 16.6 Å². The van der Waals surface area contributed by atoms with E-state index in [-0.39, 0.29) is 23.2 Å². The molecule has 0 spiro atoms. The summed E-state index contributed by atoms with van der Waals surface area (Å²) in [4.78, 5) is 8.11. The summed E-state index contributed by atoms with van der Waals surface area (Å²) in [5, 5.41) is 4.05. The van der Waals surface area contributed by atoms with Crippen LogP contribution in [0.15, 0.2) is 66.0 Å². The summed E-state index contributed by atoms with van der Waals surface area (Å²) in [5.74, 6) is -0.230. The van der Waals surface area contributed by atoms with E-state index in [1.54, 1.807) is 24.5 Å². The first kappa shape index (κ1) is 18.0. The lowest BCUT2D eigenvalue weighted by molar-refractivity contribution is 0.581. The lowest BCUT2D eigenvalue weighted by Gasteiger charge is -2.08. The molecule has 0 amide bonds. The summed E-state index contributed by atoms with van der Waals surface area (Å²) in [6, 6.07) is 10.6. The van der Waals surface area contributed by atoms with Crippen LogP contribution in [-0.4, -0.2) is 28.0 Å². The van der Waals surface area contributed by atoms with E-state index >= 15 is 0 Å². The highest BCUT2D eigenvalue weighted by atomic mass is 32.2. The molecule has 8 nitrogen and oxygen atoms in total. The lowest BCUT2D eigenvalue weighted by Crippen LogP contribution is -2.23. The van der Waals surface area contributed by atoms with Crippen molar-refractivity contribution in [3.8, 4) is 11.1 Å². The average Bonchev–Trinajstić information content (AvgIpc) is 3.07. The highest BCUT2D eigenvalue weighted by Crippen LogP contribution is 2.22. The van der Waals surface area contributed by atoms with Crippen LogP contribution in [0.3, 0.4) is 0 Å². The Morgan fingerprint density at radius 3 is 2.64 bits per heavy atom. The van der Waals surface area contributed by atoms with Crippen LogP contribution in [0.4, 0.5) is 10.3 Å². The van der Waals surface area contributed by atoms with Gasteiger partial charge in [0.2, 0.25) is 16.0 Å². The van der Waals surface area contributed by atoms with Crippen molar-refractivity contribution in [3.05, 3.63) is 72.4 Å². The minimum Gasteiger partial charge on any atom is -0.366 e. The summed E-state index contributed by atoms with van der Waals surface area (Å²) in [7, 11) is -3.80. The minimum absolute atomic E-state index is 0.0188. The number of benzene rings is 1. The Hall–Kier alpha value is -3.37. The van der Waals surface area contributed by atoms with Gasteiger partial charge in [-0.3, -0.25) is 4.98 Å². The molecule has 3 N–H and O–H groups in total. The van der Waals surface area contributed by atoms with E-state index in [0.29, 0.717) is 22.3 Å². The third-order valence-corrected chi connectivity index (χ3v) is 5.45. The van der Waals surface area contributed by atoms with Crippen molar-refractivity contribution < 1.29 is 12.8 Å². The molecule has 0 fully saturated rings. The molecule has 4 rings (SSSR count). The summed E-state index contributed by atoms with van der Waals surface area (Å²) < 4.78 is 42.2. The molecule has 142 valence electrons. The van der Waals surface area contributed by atoms with Gasteiger partial charge < -0.3 is 5.73 Å². The first-order chi connectivity index (χ1) is 13.4. The summed E-state index contributed by atoms with van der Waals surface area (Å²) in [6.07, 6.45) is 4.51. The van der Waals surface area contributed by atoms with Gasteiger partial charge >= 0.3 is 0 Å². The topological polar surface area (TPSA) is 115 Å². The number of rotatable bonds is 5. The van der Waals surface area contributed by atoms with E-state index in [9.17, 15) is 12.8 Å². The van der Waals surface area contributed by atoms with Crippen molar-refractivity contribution in [2.45, 2.75) is 11.4 Å². The standard InChI is InChI=1S/C18H15FN6O2S/c19-15-4-1-12(2-5-15)8-22-28(26,27)16-7-14(9-21-10-16)13-3-6-17-23-18(20)24-25(17)11-13/h1-7,9-11,22H,8H2,(H2,20,24). The van der Waals surface area contributed by atoms with Gasteiger partial charge in [0.05, 0.1) is 0 Å². The van der Waals surface area contributed by atoms with Crippen LogP contribution < -0.4 is 10.5 Å². The predicted molar refractivity (Wildman–Crippen MR) is 101 cm³/mol. The van der Waals surface area contributed by atoms with E-state index in [0.717, 1.165) is 0 Å². The Morgan fingerprint density at radius 2 is 1.86 bits per heavy atom. The maximum absolute atomic E-state index is 13.0. The monoisotopic (exact) mass is 398 g/mol. The van der Waals surface area contributed by atoms with E-state index in [1.807, 2.05) is 0 Å². The summed E-state index contributed by atoms with van der Waals surface area (Å²) in [5.41, 5.74) is 8.12. The number of sulfonamides is 1. The number of hydrogen-bond donors (Lipinski definition) is 2. The molecule has 28 heavy (non-hydrogen) atoms. The minimum atomic E-state index is -3.80. The molecule has 0 saturated carbocycles. The molecule has 0 bridgehead atoms. The van der Waals surface area contributed by atoms with Gasteiger partial charge in [-0.25, -0.2) is 22.0 Å². The Labute approximate surface area is 159 Å². The van der Waals surface area contributed by atoms with E-state index < -0.39 is 10.0 Å². The molecule has 0 aliphatic carbocycles. The number of pyridine rings is 2. The summed E-state index contributed by atoms with van der Waals surface area (Å²) in [6.45, 7) is 0.0387. The maximum Gasteiger partial charge on any atom is 0.242 e. The molecular weight excluding hydrogens is 383 g/mol. The van der Waals surface area contributed by atoms with Gasteiger partial charge in [0.25, 0.3) is 0 Å². The number of hydrogen-bond acceptors (Lipinski definition) is 6. The predicted octanol–water partition coefficient (Wildman–Crippen LogP) is 1.99. The molecule has 0 radical (unpaired) electrons. The zero-order chi connectivity index (χ0) is 19.7. The van der Waals surface area contributed by atoms with Crippen LogP contribution in [0.25, 0.3) is 16.8 Å². The number of nitrogen functional groups attached to an aromatic ring is 1. The second kappa shape index (κ2) is 6.98. The molecule has 3 aromatic heterocycles. The quantitative estimate of drug-likeness (QED) is 0.531. The molecule has 10 heteroatoms. The Morgan fingerprint density at radius 1 is 1.07 bits per heavy atom. The highest BCUT2D eigenvalue weighted by Gasteiger charge is 2.16. The van der Waals surface area contributed by atoms with Gasteiger partial charge in [0.1, 0.15) is 10.7 Å². The molecule has 0 aliphatic rings. The van der Waals surface area contributed by atoms with Gasteiger partial charge in [-0.15, -0.1) is 5.10 Å². The number of nitrogens with one attached hydrogen (secondary N) is 1. The fourth-order valence-corrected chi connectivity index (χ4v) is 3.66. The number of aromatic nitrogens is 4. The number of halogens is 1. The van der Waals surface area contributed by atoms with Gasteiger partial charge in [0, 0.05) is 36.3 Å². The molecule has 3 heterocycles. The fraction of sp³-hybridized carbons (Fsp3) is 0.0556. The Balaban J connectivity index is 1.60. The first-order valence-electron chi connectivity index (χ1n) is 8.22. The van der Waals surface area contributed by atoms with Gasteiger partial charge in [-0.2, -0.15) is 4.98 Å². The van der Waals surface area contributed by atoms with Crippen molar-refractivity contribution in [3.63, 3.8) is 0 Å². The van der Waals surface area contributed by atoms with Gasteiger partial charge in [-0.05, 0) is 35.9 Å².